The van der Waals surface area contributed by atoms with Crippen LogP contribution in [0.2, 0.25) is 5.15 Å². The van der Waals surface area contributed by atoms with E-state index in [0.717, 1.165) is 25.9 Å². The van der Waals surface area contributed by atoms with Crippen LogP contribution in [0.15, 0.2) is 6.33 Å². The van der Waals surface area contributed by atoms with Gasteiger partial charge < -0.3 is 15.2 Å². The number of nitrogens with zero attached hydrogens (tertiary/aromatic N) is 4. The van der Waals surface area contributed by atoms with Gasteiger partial charge in [-0.25, -0.2) is 9.38 Å². The maximum atomic E-state index is 5.81. The maximum Gasteiger partial charge on any atom is 0.322 e. The highest BCUT2D eigenvalue weighted by Gasteiger charge is 2.16. The Hall–Kier alpha value is -1.60. The number of hydrogen-bond acceptors (Lipinski definition) is 6. The second kappa shape index (κ2) is 5.18. The van der Waals surface area contributed by atoms with Gasteiger partial charge in [0.1, 0.15) is 12.0 Å². The van der Waals surface area contributed by atoms with Crippen LogP contribution < -0.4 is 10.5 Å². The lowest BCUT2D eigenvalue weighted by atomic mass is 10.2. The van der Waals surface area contributed by atoms with Gasteiger partial charge in [0.15, 0.2) is 10.8 Å². The summed E-state index contributed by atoms with van der Waals surface area (Å²) >= 11 is 5.81. The van der Waals surface area contributed by atoms with Gasteiger partial charge in [0.05, 0.1) is 12.7 Å². The summed E-state index contributed by atoms with van der Waals surface area (Å²) in [6, 6.07) is 0.365. The predicted molar refractivity (Wildman–Crippen MR) is 69.3 cm³/mol. The Labute approximate surface area is 114 Å². The van der Waals surface area contributed by atoms with Crippen LogP contribution in [0.25, 0.3) is 5.65 Å². The van der Waals surface area contributed by atoms with Crippen molar-refractivity contribution >= 4 is 22.9 Å². The van der Waals surface area contributed by atoms with Crippen LogP contribution in [-0.2, 0) is 4.74 Å². The molecule has 102 valence electrons. The minimum Gasteiger partial charge on any atom is -0.463 e. The Kier molecular flexibility index (Phi) is 3.39. The fourth-order valence-corrected chi connectivity index (χ4v) is 2.22. The molecule has 3 rings (SSSR count). The van der Waals surface area contributed by atoms with Crippen LogP contribution in [0.5, 0.6) is 6.01 Å². The Morgan fingerprint density at radius 2 is 2.42 bits per heavy atom. The van der Waals surface area contributed by atoms with Crippen molar-refractivity contribution in [1.82, 2.24) is 19.6 Å². The first kappa shape index (κ1) is 12.4. The zero-order valence-corrected chi connectivity index (χ0v) is 11.0. The first-order valence-corrected chi connectivity index (χ1v) is 6.52. The Morgan fingerprint density at radius 3 is 3.21 bits per heavy atom. The Balaban J connectivity index is 1.69. The molecule has 2 aromatic heterocycles. The van der Waals surface area contributed by atoms with Gasteiger partial charge >= 0.3 is 6.01 Å². The molecular weight excluding hydrogens is 270 g/mol. The SMILES string of the molecule is Nc1c(Cl)ncn2c(OCC[C@@H]3CCCO3)nnc12. The summed E-state index contributed by atoms with van der Waals surface area (Å²) < 4.78 is 12.7. The van der Waals surface area contributed by atoms with E-state index in [2.05, 4.69) is 15.2 Å². The second-order valence-corrected chi connectivity index (χ2v) is 4.76. The summed E-state index contributed by atoms with van der Waals surface area (Å²) in [5.74, 6) is 0. The quantitative estimate of drug-likeness (QED) is 0.851. The molecule has 3 heterocycles. The minimum atomic E-state index is 0.214. The van der Waals surface area contributed by atoms with Crippen molar-refractivity contribution in [3.05, 3.63) is 11.5 Å². The molecule has 0 amide bonds. The van der Waals surface area contributed by atoms with Crippen molar-refractivity contribution in [2.75, 3.05) is 18.9 Å². The van der Waals surface area contributed by atoms with E-state index in [1.54, 1.807) is 4.40 Å². The third-order valence-electron chi connectivity index (χ3n) is 3.11. The van der Waals surface area contributed by atoms with Crippen LogP contribution in [0.4, 0.5) is 5.69 Å². The van der Waals surface area contributed by atoms with E-state index in [1.807, 2.05) is 0 Å². The largest absolute Gasteiger partial charge is 0.463 e. The van der Waals surface area contributed by atoms with E-state index in [9.17, 15) is 0 Å². The second-order valence-electron chi connectivity index (χ2n) is 4.40. The number of nitrogen functional groups attached to an aromatic ring is 1. The normalized spacial score (nSPS) is 19.1. The standard InChI is InChI=1S/C11H14ClN5O2/c12-9-8(13)10-15-16-11(17(10)6-14-9)19-5-3-7-2-1-4-18-7/h6-7H,1-5,13H2/t7-/m0/s1. The smallest absolute Gasteiger partial charge is 0.322 e. The fraction of sp³-hybridized carbons (Fsp3) is 0.545. The van der Waals surface area contributed by atoms with E-state index in [-0.39, 0.29) is 11.3 Å². The molecule has 1 saturated heterocycles. The third-order valence-corrected chi connectivity index (χ3v) is 3.41. The molecule has 2 N–H and O–H groups in total. The van der Waals surface area contributed by atoms with Crippen LogP contribution in [-0.4, -0.2) is 38.9 Å². The highest BCUT2D eigenvalue weighted by Crippen LogP contribution is 2.22. The molecular formula is C11H14ClN5O2. The van der Waals surface area contributed by atoms with Crippen molar-refractivity contribution in [3.63, 3.8) is 0 Å². The Bertz CT molecular complexity index is 582. The Morgan fingerprint density at radius 1 is 1.53 bits per heavy atom. The molecule has 0 spiro atoms. The lowest BCUT2D eigenvalue weighted by Crippen LogP contribution is -2.11. The molecule has 1 atom stereocenters. The van der Waals surface area contributed by atoms with Gasteiger partial charge in [-0.3, -0.25) is 0 Å². The molecule has 2 aromatic rings. The summed E-state index contributed by atoms with van der Waals surface area (Å²) in [5.41, 5.74) is 6.51. The maximum absolute atomic E-state index is 5.81. The molecule has 0 radical (unpaired) electrons. The predicted octanol–water partition coefficient (Wildman–Crippen LogP) is 1.31. The first-order chi connectivity index (χ1) is 9.25. The summed E-state index contributed by atoms with van der Waals surface area (Å²) in [7, 11) is 0. The third kappa shape index (κ3) is 2.43. The number of fused-ring (bicyclic) bond motifs is 1. The van der Waals surface area contributed by atoms with E-state index in [4.69, 9.17) is 26.8 Å². The molecule has 0 aliphatic carbocycles. The summed E-state index contributed by atoms with van der Waals surface area (Å²) in [5, 5.41) is 8.08. The van der Waals surface area contributed by atoms with E-state index in [1.165, 1.54) is 6.33 Å². The summed E-state index contributed by atoms with van der Waals surface area (Å²) in [6.07, 6.45) is 4.84. The van der Waals surface area contributed by atoms with Crippen molar-refractivity contribution in [1.29, 1.82) is 0 Å². The highest BCUT2D eigenvalue weighted by atomic mass is 35.5. The van der Waals surface area contributed by atoms with Crippen LogP contribution >= 0.6 is 11.6 Å². The number of nitrogens with two attached hydrogens (primary N) is 1. The van der Waals surface area contributed by atoms with E-state index >= 15 is 0 Å². The molecule has 1 aliphatic rings. The van der Waals surface area contributed by atoms with Crippen LogP contribution in [0.1, 0.15) is 19.3 Å². The van der Waals surface area contributed by atoms with Gasteiger partial charge in [-0.1, -0.05) is 16.7 Å². The number of rotatable bonds is 4. The molecule has 1 aliphatic heterocycles. The molecule has 8 heteroatoms. The topological polar surface area (TPSA) is 87.6 Å². The number of anilines is 1. The van der Waals surface area contributed by atoms with Gasteiger partial charge in [-0.2, -0.15) is 0 Å². The van der Waals surface area contributed by atoms with E-state index in [0.29, 0.717) is 24.0 Å². The summed E-state index contributed by atoms with van der Waals surface area (Å²) in [4.78, 5) is 3.94. The lowest BCUT2D eigenvalue weighted by molar-refractivity contribution is 0.0887. The fourth-order valence-electron chi connectivity index (χ4n) is 2.09. The number of hydrogen-bond donors (Lipinski definition) is 1. The van der Waals surface area contributed by atoms with Crippen molar-refractivity contribution in [2.24, 2.45) is 0 Å². The average Bonchev–Trinajstić information content (AvgIpc) is 3.04. The molecule has 0 aromatic carbocycles. The van der Waals surface area contributed by atoms with Crippen LogP contribution in [0.3, 0.4) is 0 Å². The van der Waals surface area contributed by atoms with Crippen molar-refractivity contribution < 1.29 is 9.47 Å². The van der Waals surface area contributed by atoms with Gasteiger partial charge in [0, 0.05) is 13.0 Å². The molecule has 1 fully saturated rings. The van der Waals surface area contributed by atoms with Gasteiger partial charge in [-0.05, 0) is 12.8 Å². The molecule has 0 saturated carbocycles. The first-order valence-electron chi connectivity index (χ1n) is 6.15. The molecule has 7 nitrogen and oxygen atoms in total. The van der Waals surface area contributed by atoms with Gasteiger partial charge in [0.25, 0.3) is 0 Å². The van der Waals surface area contributed by atoms with Gasteiger partial charge in [0.2, 0.25) is 0 Å². The number of halogens is 1. The zero-order chi connectivity index (χ0) is 13.2. The average molecular weight is 284 g/mol. The molecule has 0 unspecified atom stereocenters. The highest BCUT2D eigenvalue weighted by molar-refractivity contribution is 6.32. The monoisotopic (exact) mass is 283 g/mol. The number of ether oxygens (including phenoxy) is 2. The van der Waals surface area contributed by atoms with Gasteiger partial charge in [-0.15, -0.1) is 5.10 Å². The zero-order valence-electron chi connectivity index (χ0n) is 10.3. The molecule has 19 heavy (non-hydrogen) atoms. The van der Waals surface area contributed by atoms with Crippen molar-refractivity contribution in [2.45, 2.75) is 25.4 Å². The van der Waals surface area contributed by atoms with Crippen molar-refractivity contribution in [3.8, 4) is 6.01 Å². The number of aromatic nitrogens is 4. The summed E-state index contributed by atoms with van der Waals surface area (Å²) in [6.45, 7) is 1.37. The van der Waals surface area contributed by atoms with E-state index < -0.39 is 0 Å². The molecule has 0 bridgehead atoms. The van der Waals surface area contributed by atoms with Crippen LogP contribution in [0, 0.1) is 0 Å². The minimum absolute atomic E-state index is 0.214. The lowest BCUT2D eigenvalue weighted by Gasteiger charge is -2.09.